The van der Waals surface area contributed by atoms with Gasteiger partial charge in [-0.3, -0.25) is 4.79 Å². The Balaban J connectivity index is 1.70. The van der Waals surface area contributed by atoms with Crippen LogP contribution in [0, 0.1) is 5.92 Å². The lowest BCUT2D eigenvalue weighted by atomic mass is 10.00. The minimum atomic E-state index is -0.102. The van der Waals surface area contributed by atoms with Crippen LogP contribution >= 0.6 is 0 Å². The molecule has 5 nitrogen and oxygen atoms in total. The van der Waals surface area contributed by atoms with Crippen molar-refractivity contribution in [2.75, 3.05) is 29.9 Å². The molecule has 0 unspecified atom stereocenters. The van der Waals surface area contributed by atoms with Gasteiger partial charge in [-0.2, -0.15) is 0 Å². The summed E-state index contributed by atoms with van der Waals surface area (Å²) >= 11 is 0. The molecule has 1 aliphatic rings. The molecule has 0 bridgehead atoms. The molecule has 2 heterocycles. The number of para-hydroxylation sites is 1. The summed E-state index contributed by atoms with van der Waals surface area (Å²) in [6.45, 7) is 4.25. The third-order valence-electron chi connectivity index (χ3n) is 4.40. The average Bonchev–Trinajstić information content (AvgIpc) is 2.62. The normalized spacial score (nSPS) is 15.5. The Kier molecular flexibility index (Phi) is 4.55. The van der Waals surface area contributed by atoms with Crippen LogP contribution in [0.25, 0.3) is 0 Å². The molecular formula is C18H22N4O. The van der Waals surface area contributed by atoms with E-state index in [1.807, 2.05) is 30.3 Å². The number of anilines is 2. The smallest absolute Gasteiger partial charge is 0.261 e. The predicted molar refractivity (Wildman–Crippen MR) is 91.8 cm³/mol. The average molecular weight is 310 g/mol. The first-order valence-electron chi connectivity index (χ1n) is 8.05. The minimum absolute atomic E-state index is 0.102. The molecule has 1 amide bonds. The van der Waals surface area contributed by atoms with E-state index in [1.54, 1.807) is 24.3 Å². The molecule has 0 saturated carbocycles. The Morgan fingerprint density at radius 2 is 1.74 bits per heavy atom. The molecule has 1 fully saturated rings. The molecule has 1 aromatic heterocycles. The third kappa shape index (κ3) is 3.50. The number of nitrogens with zero attached hydrogens (tertiary/aromatic N) is 4. The van der Waals surface area contributed by atoms with Gasteiger partial charge in [0.1, 0.15) is 0 Å². The van der Waals surface area contributed by atoms with Crippen molar-refractivity contribution in [1.29, 1.82) is 0 Å². The molecule has 5 heteroatoms. The summed E-state index contributed by atoms with van der Waals surface area (Å²) in [7, 11) is 1.76. The molecule has 0 atom stereocenters. The van der Waals surface area contributed by atoms with Gasteiger partial charge in [0.05, 0.1) is 5.56 Å². The van der Waals surface area contributed by atoms with Crippen molar-refractivity contribution in [3.8, 4) is 0 Å². The summed E-state index contributed by atoms with van der Waals surface area (Å²) in [6, 6.07) is 9.56. The maximum Gasteiger partial charge on any atom is 0.261 e. The Morgan fingerprint density at radius 1 is 1.13 bits per heavy atom. The fraction of sp³-hybridized carbons (Fsp3) is 0.389. The first kappa shape index (κ1) is 15.5. The minimum Gasteiger partial charge on any atom is -0.341 e. The third-order valence-corrected chi connectivity index (χ3v) is 4.40. The van der Waals surface area contributed by atoms with E-state index in [0.717, 1.165) is 30.6 Å². The molecule has 120 valence electrons. The molecule has 1 aliphatic heterocycles. The zero-order valence-electron chi connectivity index (χ0n) is 13.6. The van der Waals surface area contributed by atoms with Gasteiger partial charge in [0, 0.05) is 38.2 Å². The van der Waals surface area contributed by atoms with Gasteiger partial charge in [0.25, 0.3) is 5.91 Å². The summed E-state index contributed by atoms with van der Waals surface area (Å²) in [4.78, 5) is 25.1. The van der Waals surface area contributed by atoms with Crippen molar-refractivity contribution in [3.63, 3.8) is 0 Å². The van der Waals surface area contributed by atoms with Gasteiger partial charge in [-0.05, 0) is 30.9 Å². The topological polar surface area (TPSA) is 49.3 Å². The molecule has 3 rings (SSSR count). The highest BCUT2D eigenvalue weighted by Gasteiger charge is 2.19. The van der Waals surface area contributed by atoms with Crippen molar-refractivity contribution in [2.24, 2.45) is 5.92 Å². The van der Waals surface area contributed by atoms with E-state index in [9.17, 15) is 4.79 Å². The number of piperidine rings is 1. The molecule has 1 aromatic carbocycles. The molecule has 0 aliphatic carbocycles. The lowest BCUT2D eigenvalue weighted by molar-refractivity contribution is 0.0992. The van der Waals surface area contributed by atoms with Gasteiger partial charge < -0.3 is 9.80 Å². The van der Waals surface area contributed by atoms with E-state index < -0.39 is 0 Å². The fourth-order valence-corrected chi connectivity index (χ4v) is 2.77. The highest BCUT2D eigenvalue weighted by atomic mass is 16.2. The largest absolute Gasteiger partial charge is 0.341 e. The molecule has 0 radical (unpaired) electrons. The van der Waals surface area contributed by atoms with Crippen LogP contribution in [0.3, 0.4) is 0 Å². The van der Waals surface area contributed by atoms with Gasteiger partial charge in [-0.15, -0.1) is 0 Å². The van der Waals surface area contributed by atoms with Crippen molar-refractivity contribution in [3.05, 3.63) is 48.3 Å². The number of carbonyl (C=O) groups excluding carboxylic acids is 1. The maximum absolute atomic E-state index is 12.5. The Morgan fingerprint density at radius 3 is 2.35 bits per heavy atom. The summed E-state index contributed by atoms with van der Waals surface area (Å²) in [5.74, 6) is 1.39. The fourth-order valence-electron chi connectivity index (χ4n) is 2.77. The summed E-state index contributed by atoms with van der Waals surface area (Å²) in [5, 5.41) is 0. The molecular weight excluding hydrogens is 288 g/mol. The van der Waals surface area contributed by atoms with E-state index in [4.69, 9.17) is 0 Å². The highest BCUT2D eigenvalue weighted by molar-refractivity contribution is 6.05. The van der Waals surface area contributed by atoms with Crippen LogP contribution in [-0.4, -0.2) is 36.0 Å². The van der Waals surface area contributed by atoms with E-state index in [1.165, 1.54) is 12.8 Å². The first-order valence-corrected chi connectivity index (χ1v) is 8.05. The number of aromatic nitrogens is 2. The van der Waals surface area contributed by atoms with Gasteiger partial charge >= 0.3 is 0 Å². The van der Waals surface area contributed by atoms with Gasteiger partial charge in [0.2, 0.25) is 5.95 Å². The zero-order valence-corrected chi connectivity index (χ0v) is 13.6. The SMILES string of the molecule is CC1CCN(c2ncc(C(=O)N(C)c3ccccc3)cn2)CC1. The van der Waals surface area contributed by atoms with Crippen molar-refractivity contribution < 1.29 is 4.79 Å². The van der Waals surface area contributed by atoms with Crippen molar-refractivity contribution in [1.82, 2.24) is 9.97 Å². The first-order chi connectivity index (χ1) is 11.1. The molecule has 0 spiro atoms. The van der Waals surface area contributed by atoms with Crippen LogP contribution < -0.4 is 9.80 Å². The van der Waals surface area contributed by atoms with Gasteiger partial charge in [0.15, 0.2) is 0 Å². The van der Waals surface area contributed by atoms with Gasteiger partial charge in [-0.1, -0.05) is 25.1 Å². The molecule has 0 N–H and O–H groups in total. The predicted octanol–water partition coefficient (Wildman–Crippen LogP) is 2.99. The number of amides is 1. The summed E-state index contributed by atoms with van der Waals surface area (Å²) < 4.78 is 0. The van der Waals surface area contributed by atoms with Crippen LogP contribution in [0.4, 0.5) is 11.6 Å². The highest BCUT2D eigenvalue weighted by Crippen LogP contribution is 2.20. The van der Waals surface area contributed by atoms with E-state index in [-0.39, 0.29) is 5.91 Å². The Labute approximate surface area is 137 Å². The monoisotopic (exact) mass is 310 g/mol. The second-order valence-electron chi connectivity index (χ2n) is 6.14. The van der Waals surface area contributed by atoms with Crippen molar-refractivity contribution >= 4 is 17.5 Å². The second kappa shape index (κ2) is 6.77. The Bertz CT molecular complexity index is 648. The quantitative estimate of drug-likeness (QED) is 0.874. The summed E-state index contributed by atoms with van der Waals surface area (Å²) in [5.41, 5.74) is 1.36. The standard InChI is InChI=1S/C18H22N4O/c1-14-8-10-22(11-9-14)18-19-12-15(13-20-18)17(23)21(2)16-6-4-3-5-7-16/h3-7,12-14H,8-11H2,1-2H3. The number of hydrogen-bond donors (Lipinski definition) is 0. The zero-order chi connectivity index (χ0) is 16.2. The van der Waals surface area contributed by atoms with Crippen LogP contribution in [-0.2, 0) is 0 Å². The number of rotatable bonds is 3. The lowest BCUT2D eigenvalue weighted by Gasteiger charge is -2.30. The number of carbonyl (C=O) groups is 1. The maximum atomic E-state index is 12.5. The molecule has 1 saturated heterocycles. The Hall–Kier alpha value is -2.43. The van der Waals surface area contributed by atoms with E-state index in [0.29, 0.717) is 5.56 Å². The molecule has 2 aromatic rings. The summed E-state index contributed by atoms with van der Waals surface area (Å²) in [6.07, 6.45) is 5.59. The van der Waals surface area contributed by atoms with Crippen LogP contribution in [0.2, 0.25) is 0 Å². The molecule has 23 heavy (non-hydrogen) atoms. The van der Waals surface area contributed by atoms with Crippen LogP contribution in [0.15, 0.2) is 42.7 Å². The van der Waals surface area contributed by atoms with Crippen LogP contribution in [0.5, 0.6) is 0 Å². The van der Waals surface area contributed by atoms with Crippen molar-refractivity contribution in [2.45, 2.75) is 19.8 Å². The lowest BCUT2D eigenvalue weighted by Crippen LogP contribution is -2.34. The van der Waals surface area contributed by atoms with Crippen LogP contribution in [0.1, 0.15) is 30.1 Å². The van der Waals surface area contributed by atoms with E-state index >= 15 is 0 Å². The number of benzene rings is 1. The van der Waals surface area contributed by atoms with E-state index in [2.05, 4.69) is 21.8 Å². The number of hydrogen-bond acceptors (Lipinski definition) is 4. The second-order valence-corrected chi connectivity index (χ2v) is 6.14. The van der Waals surface area contributed by atoms with Gasteiger partial charge in [-0.25, -0.2) is 9.97 Å².